The number of hydrogen-bond acceptors (Lipinski definition) is 3. The normalized spacial score (nSPS) is 37.6. The van der Waals surface area contributed by atoms with Crippen molar-refractivity contribution in [2.45, 2.75) is 38.2 Å². The molecule has 1 spiro atoms. The second kappa shape index (κ2) is 4.23. The molecule has 14 heavy (non-hydrogen) atoms. The third kappa shape index (κ3) is 1.98. The highest BCUT2D eigenvalue weighted by molar-refractivity contribution is 7.99. The number of hydrogen-bond donors (Lipinski definition) is 0. The molecule has 2 fully saturated rings. The second-order valence-electron chi connectivity index (χ2n) is 4.34. The summed E-state index contributed by atoms with van der Waals surface area (Å²) in [7, 11) is 0. The van der Waals surface area contributed by atoms with Crippen LogP contribution >= 0.6 is 11.8 Å². The Labute approximate surface area is 89.8 Å². The molecule has 0 N–H and O–H groups in total. The van der Waals surface area contributed by atoms with Crippen molar-refractivity contribution >= 4 is 17.5 Å². The summed E-state index contributed by atoms with van der Waals surface area (Å²) in [5.41, 5.74) is 0.0679. The van der Waals surface area contributed by atoms with E-state index in [1.807, 2.05) is 18.7 Å². The lowest BCUT2D eigenvalue weighted by atomic mass is 9.82. The van der Waals surface area contributed by atoms with E-state index in [1.54, 1.807) is 0 Å². The largest absolute Gasteiger partial charge is 0.374 e. The number of thioether (sulfide) groups is 1. The average Bonchev–Trinajstić information content (AvgIpc) is 2.65. The molecule has 0 radical (unpaired) electrons. The highest BCUT2D eigenvalue weighted by Gasteiger charge is 2.41. The van der Waals surface area contributed by atoms with Gasteiger partial charge >= 0.3 is 0 Å². The first kappa shape index (κ1) is 10.5. The molecule has 80 valence electrons. The van der Waals surface area contributed by atoms with Crippen molar-refractivity contribution in [2.24, 2.45) is 5.92 Å². The summed E-state index contributed by atoms with van der Waals surface area (Å²) < 4.78 is 5.88. The topological polar surface area (TPSA) is 26.3 Å². The zero-order valence-electron chi connectivity index (χ0n) is 8.75. The highest BCUT2D eigenvalue weighted by Crippen LogP contribution is 2.40. The molecule has 2 heterocycles. The molecule has 2 saturated heterocycles. The summed E-state index contributed by atoms with van der Waals surface area (Å²) >= 11 is 1.96. The lowest BCUT2D eigenvalue weighted by Crippen LogP contribution is -2.41. The number of ketones is 1. The molecule has 0 amide bonds. The Morgan fingerprint density at radius 1 is 1.64 bits per heavy atom. The Morgan fingerprint density at radius 2 is 2.50 bits per heavy atom. The van der Waals surface area contributed by atoms with Crippen LogP contribution in [-0.2, 0) is 9.53 Å². The van der Waals surface area contributed by atoms with Crippen molar-refractivity contribution in [3.05, 3.63) is 0 Å². The number of ether oxygens (including phenoxy) is 1. The molecule has 2 unspecified atom stereocenters. The average molecular weight is 214 g/mol. The molecular formula is C11H18O2S. The van der Waals surface area contributed by atoms with Gasteiger partial charge in [-0.15, -0.1) is 0 Å². The zero-order chi connectivity index (χ0) is 10.0. The minimum Gasteiger partial charge on any atom is -0.374 e. The molecule has 2 aliphatic rings. The number of carbonyl (C=O) groups excluding carboxylic acids is 1. The molecule has 2 nitrogen and oxygen atoms in total. The summed E-state index contributed by atoms with van der Waals surface area (Å²) in [6, 6.07) is 0. The van der Waals surface area contributed by atoms with Crippen molar-refractivity contribution in [3.8, 4) is 0 Å². The number of carbonyl (C=O) groups is 1. The van der Waals surface area contributed by atoms with Gasteiger partial charge in [0.15, 0.2) is 0 Å². The van der Waals surface area contributed by atoms with Gasteiger partial charge in [0.2, 0.25) is 0 Å². The first-order valence-corrected chi connectivity index (χ1v) is 6.66. The van der Waals surface area contributed by atoms with E-state index in [9.17, 15) is 4.79 Å². The van der Waals surface area contributed by atoms with Gasteiger partial charge in [0.05, 0.1) is 5.60 Å². The minimum absolute atomic E-state index is 0.0679. The monoisotopic (exact) mass is 214 g/mol. The standard InChI is InChI=1S/C11H18O2S/c1-2-10(12)9-3-5-13-11(7-9)4-6-14-8-11/h9H,2-8H2,1H3. The summed E-state index contributed by atoms with van der Waals surface area (Å²) in [5, 5.41) is 0. The molecule has 0 bridgehead atoms. The van der Waals surface area contributed by atoms with Gasteiger partial charge in [0, 0.05) is 24.7 Å². The summed E-state index contributed by atoms with van der Waals surface area (Å²) in [4.78, 5) is 11.6. The Bertz CT molecular complexity index is 221. The predicted molar refractivity (Wildman–Crippen MR) is 58.6 cm³/mol. The van der Waals surface area contributed by atoms with Crippen molar-refractivity contribution < 1.29 is 9.53 Å². The van der Waals surface area contributed by atoms with Gasteiger partial charge in [0.1, 0.15) is 5.78 Å². The lowest BCUT2D eigenvalue weighted by Gasteiger charge is -2.37. The molecular weight excluding hydrogens is 196 g/mol. The molecule has 2 atom stereocenters. The van der Waals surface area contributed by atoms with E-state index in [0.29, 0.717) is 12.2 Å². The fraction of sp³-hybridized carbons (Fsp3) is 0.909. The Morgan fingerprint density at radius 3 is 3.14 bits per heavy atom. The zero-order valence-corrected chi connectivity index (χ0v) is 9.57. The van der Waals surface area contributed by atoms with Crippen LogP contribution in [0.15, 0.2) is 0 Å². The summed E-state index contributed by atoms with van der Waals surface area (Å²) in [6.45, 7) is 2.75. The first-order chi connectivity index (χ1) is 6.76. The van der Waals surface area contributed by atoms with Crippen molar-refractivity contribution in [1.82, 2.24) is 0 Å². The van der Waals surface area contributed by atoms with E-state index >= 15 is 0 Å². The van der Waals surface area contributed by atoms with Crippen LogP contribution in [-0.4, -0.2) is 29.5 Å². The maximum absolute atomic E-state index is 11.6. The van der Waals surface area contributed by atoms with E-state index < -0.39 is 0 Å². The fourth-order valence-corrected chi connectivity index (χ4v) is 3.83. The quantitative estimate of drug-likeness (QED) is 0.705. The smallest absolute Gasteiger partial charge is 0.135 e. The van der Waals surface area contributed by atoms with Crippen molar-refractivity contribution in [1.29, 1.82) is 0 Å². The molecule has 0 saturated carbocycles. The fourth-order valence-electron chi connectivity index (χ4n) is 2.45. The maximum atomic E-state index is 11.6. The second-order valence-corrected chi connectivity index (χ2v) is 5.45. The molecule has 2 aliphatic heterocycles. The van der Waals surface area contributed by atoms with Crippen molar-refractivity contribution in [2.75, 3.05) is 18.1 Å². The molecule has 0 aromatic rings. The van der Waals surface area contributed by atoms with Gasteiger partial charge in [-0.1, -0.05) is 6.92 Å². The Hall–Kier alpha value is -0.0200. The van der Waals surface area contributed by atoms with Crippen LogP contribution in [0.25, 0.3) is 0 Å². The third-order valence-electron chi connectivity index (χ3n) is 3.36. The molecule has 0 aromatic heterocycles. The number of rotatable bonds is 2. The minimum atomic E-state index is 0.0679. The summed E-state index contributed by atoms with van der Waals surface area (Å²) in [6.07, 6.45) is 3.75. The van der Waals surface area contributed by atoms with Crippen LogP contribution < -0.4 is 0 Å². The van der Waals surface area contributed by atoms with E-state index in [-0.39, 0.29) is 11.5 Å². The van der Waals surface area contributed by atoms with E-state index in [1.165, 1.54) is 5.75 Å². The van der Waals surface area contributed by atoms with Crippen LogP contribution in [0.2, 0.25) is 0 Å². The van der Waals surface area contributed by atoms with Gasteiger partial charge in [-0.2, -0.15) is 11.8 Å². The lowest BCUT2D eigenvalue weighted by molar-refractivity contribution is -0.133. The third-order valence-corrected chi connectivity index (χ3v) is 4.59. The van der Waals surface area contributed by atoms with Crippen molar-refractivity contribution in [3.63, 3.8) is 0 Å². The van der Waals surface area contributed by atoms with Gasteiger partial charge in [-0.05, 0) is 25.0 Å². The molecule has 0 aliphatic carbocycles. The van der Waals surface area contributed by atoms with E-state index in [4.69, 9.17) is 4.74 Å². The predicted octanol–water partition coefficient (Wildman–Crippen LogP) is 2.27. The Kier molecular flexibility index (Phi) is 3.17. The summed E-state index contributed by atoms with van der Waals surface area (Å²) in [5.74, 6) is 3.02. The van der Waals surface area contributed by atoms with Crippen LogP contribution in [0.5, 0.6) is 0 Å². The van der Waals surface area contributed by atoms with Crippen LogP contribution in [0.1, 0.15) is 32.6 Å². The van der Waals surface area contributed by atoms with Gasteiger partial charge in [-0.3, -0.25) is 4.79 Å². The highest BCUT2D eigenvalue weighted by atomic mass is 32.2. The van der Waals surface area contributed by atoms with E-state index in [2.05, 4.69) is 0 Å². The van der Waals surface area contributed by atoms with Gasteiger partial charge in [0.25, 0.3) is 0 Å². The molecule has 3 heteroatoms. The number of Topliss-reactive ketones (excluding diaryl/α,β-unsaturated/α-hetero) is 1. The van der Waals surface area contributed by atoms with Crippen LogP contribution in [0.4, 0.5) is 0 Å². The first-order valence-electron chi connectivity index (χ1n) is 5.50. The molecule has 0 aromatic carbocycles. The van der Waals surface area contributed by atoms with E-state index in [0.717, 1.165) is 31.6 Å². The van der Waals surface area contributed by atoms with Crippen LogP contribution in [0.3, 0.4) is 0 Å². The molecule has 2 rings (SSSR count). The van der Waals surface area contributed by atoms with Crippen LogP contribution in [0, 0.1) is 5.92 Å². The van der Waals surface area contributed by atoms with Gasteiger partial charge in [-0.25, -0.2) is 0 Å². The maximum Gasteiger partial charge on any atom is 0.135 e. The van der Waals surface area contributed by atoms with Gasteiger partial charge < -0.3 is 4.74 Å². The Balaban J connectivity index is 1.99. The SMILES string of the molecule is CCC(=O)C1CCOC2(CCSC2)C1.